The number of nitrogens with two attached hydrogens (primary N) is 1. The quantitative estimate of drug-likeness (QED) is 0.633. The van der Waals surface area contributed by atoms with Crippen LogP contribution >= 0.6 is 0 Å². The average molecular weight is 263 g/mol. The number of nitrogens with one attached hydrogen (secondary N) is 2. The summed E-state index contributed by atoms with van der Waals surface area (Å²) in [5.74, 6) is -0.409. The molecule has 0 heterocycles. The van der Waals surface area contributed by atoms with Crippen molar-refractivity contribution in [2.45, 2.75) is 32.9 Å². The van der Waals surface area contributed by atoms with Crippen LogP contribution in [0.25, 0.3) is 5.73 Å². The van der Waals surface area contributed by atoms with E-state index in [0.717, 1.165) is 10.5 Å². The molecule has 6 heteroatoms. The molecule has 0 fully saturated rings. The minimum atomic E-state index is -0.696. The standard InChI is InChI=1S/C13H19N4O2/c1-13(2,3)19-12(18)17(11(15)16)10-6-4-9(8-14)5-7-10/h4-7,14H,8H2,1-3H3,(H3,15,16)/q-1. The van der Waals surface area contributed by atoms with Crippen LogP contribution in [0.3, 0.4) is 0 Å². The van der Waals surface area contributed by atoms with Crippen molar-refractivity contribution < 1.29 is 9.53 Å². The number of hydrogen-bond acceptors (Lipinski definition) is 3. The highest BCUT2D eigenvalue weighted by atomic mass is 16.6. The van der Waals surface area contributed by atoms with Crippen LogP contribution < -0.4 is 10.6 Å². The summed E-state index contributed by atoms with van der Waals surface area (Å²) in [7, 11) is 0. The number of amides is 1. The van der Waals surface area contributed by atoms with Crippen molar-refractivity contribution in [3.63, 3.8) is 0 Å². The van der Waals surface area contributed by atoms with Crippen LogP contribution in [0.1, 0.15) is 26.3 Å². The van der Waals surface area contributed by atoms with Crippen molar-refractivity contribution >= 4 is 17.7 Å². The predicted octanol–water partition coefficient (Wildman–Crippen LogP) is 2.87. The van der Waals surface area contributed by atoms with Gasteiger partial charge in [0.2, 0.25) is 5.96 Å². The van der Waals surface area contributed by atoms with Gasteiger partial charge in [0.05, 0.1) is 5.69 Å². The predicted molar refractivity (Wildman–Crippen MR) is 75.1 cm³/mol. The van der Waals surface area contributed by atoms with Gasteiger partial charge >= 0.3 is 6.09 Å². The Hall–Kier alpha value is -2.08. The summed E-state index contributed by atoms with van der Waals surface area (Å²) in [5, 5.41) is 7.49. The first-order valence-corrected chi connectivity index (χ1v) is 5.85. The lowest BCUT2D eigenvalue weighted by Crippen LogP contribution is -2.44. The Labute approximate surface area is 112 Å². The minimum absolute atomic E-state index is 0.160. The zero-order chi connectivity index (χ0) is 14.6. The second kappa shape index (κ2) is 5.71. The topological polar surface area (TPSA) is 103 Å². The molecule has 4 N–H and O–H groups in total. The molecule has 0 aliphatic carbocycles. The summed E-state index contributed by atoms with van der Waals surface area (Å²) >= 11 is 0. The molecule has 0 aliphatic rings. The highest BCUT2D eigenvalue weighted by Gasteiger charge is 2.25. The lowest BCUT2D eigenvalue weighted by molar-refractivity contribution is 0.0603. The zero-order valence-electron chi connectivity index (χ0n) is 11.4. The summed E-state index contributed by atoms with van der Waals surface area (Å²) in [6.07, 6.45) is -0.696. The fourth-order valence-corrected chi connectivity index (χ4v) is 1.41. The van der Waals surface area contributed by atoms with Crippen molar-refractivity contribution in [1.29, 1.82) is 5.41 Å². The van der Waals surface area contributed by atoms with Crippen molar-refractivity contribution in [2.24, 2.45) is 5.73 Å². The third kappa shape index (κ3) is 4.26. The summed E-state index contributed by atoms with van der Waals surface area (Å²) in [6, 6.07) is 6.69. The zero-order valence-corrected chi connectivity index (χ0v) is 11.4. The van der Waals surface area contributed by atoms with E-state index < -0.39 is 17.7 Å². The van der Waals surface area contributed by atoms with E-state index in [2.05, 4.69) is 0 Å². The van der Waals surface area contributed by atoms with Crippen molar-refractivity contribution in [3.05, 3.63) is 35.6 Å². The molecular formula is C13H19N4O2-. The van der Waals surface area contributed by atoms with E-state index in [0.29, 0.717) is 5.69 Å². The molecule has 19 heavy (non-hydrogen) atoms. The van der Waals surface area contributed by atoms with E-state index in [-0.39, 0.29) is 6.54 Å². The van der Waals surface area contributed by atoms with Crippen LogP contribution in [0.15, 0.2) is 24.3 Å². The van der Waals surface area contributed by atoms with Crippen LogP contribution in [0.4, 0.5) is 10.5 Å². The number of carbonyl (C=O) groups excluding carboxylic acids is 1. The fourth-order valence-electron chi connectivity index (χ4n) is 1.41. The third-order valence-electron chi connectivity index (χ3n) is 2.22. The molecular weight excluding hydrogens is 244 g/mol. The molecule has 0 saturated carbocycles. The Balaban J connectivity index is 3.00. The largest absolute Gasteiger partial charge is 0.674 e. The molecule has 1 aromatic rings. The van der Waals surface area contributed by atoms with Gasteiger partial charge in [-0.05, 0) is 32.9 Å². The van der Waals surface area contributed by atoms with Gasteiger partial charge in [0.1, 0.15) is 5.60 Å². The normalized spacial score (nSPS) is 10.9. The molecule has 0 radical (unpaired) electrons. The number of nitrogens with zero attached hydrogens (tertiary/aromatic N) is 1. The maximum atomic E-state index is 12.0. The Kier molecular flexibility index (Phi) is 4.50. The van der Waals surface area contributed by atoms with Crippen molar-refractivity contribution in [2.75, 3.05) is 4.90 Å². The summed E-state index contributed by atoms with van der Waals surface area (Å²) in [5.41, 5.74) is 13.3. The van der Waals surface area contributed by atoms with Gasteiger partial charge < -0.3 is 16.2 Å². The Morgan fingerprint density at radius 2 is 1.89 bits per heavy atom. The number of carbonyl (C=O) groups is 1. The second-order valence-electron chi connectivity index (χ2n) is 5.04. The van der Waals surface area contributed by atoms with Gasteiger partial charge in [-0.15, -0.1) is 6.54 Å². The van der Waals surface area contributed by atoms with Gasteiger partial charge in [0.25, 0.3) is 0 Å². The molecule has 1 amide bonds. The molecule has 0 bridgehead atoms. The molecule has 0 aromatic heterocycles. The van der Waals surface area contributed by atoms with Gasteiger partial charge in [-0.1, -0.05) is 17.7 Å². The highest BCUT2D eigenvalue weighted by Crippen LogP contribution is 2.19. The van der Waals surface area contributed by atoms with Gasteiger partial charge in [0, 0.05) is 0 Å². The van der Waals surface area contributed by atoms with E-state index in [1.54, 1.807) is 45.0 Å². The highest BCUT2D eigenvalue weighted by molar-refractivity contribution is 6.11. The van der Waals surface area contributed by atoms with E-state index >= 15 is 0 Å². The first-order chi connectivity index (χ1) is 8.74. The third-order valence-corrected chi connectivity index (χ3v) is 2.22. The fraction of sp³-hybridized carbons (Fsp3) is 0.385. The maximum Gasteiger partial charge on any atom is 0.421 e. The molecule has 104 valence electrons. The molecule has 0 unspecified atom stereocenters. The van der Waals surface area contributed by atoms with Crippen LogP contribution in [0.2, 0.25) is 0 Å². The Bertz CT molecular complexity index is 463. The number of ether oxygens (including phenoxy) is 1. The van der Waals surface area contributed by atoms with E-state index in [1.807, 2.05) is 0 Å². The lowest BCUT2D eigenvalue weighted by Gasteiger charge is -2.26. The molecule has 0 atom stereocenters. The van der Waals surface area contributed by atoms with Gasteiger partial charge in [0.15, 0.2) is 0 Å². The van der Waals surface area contributed by atoms with Crippen LogP contribution in [0, 0.1) is 5.41 Å². The summed E-state index contributed by atoms with van der Waals surface area (Å²) in [6.45, 7) is 5.39. The van der Waals surface area contributed by atoms with Crippen LogP contribution in [-0.2, 0) is 11.3 Å². The monoisotopic (exact) mass is 263 g/mol. The Morgan fingerprint density at radius 1 is 1.37 bits per heavy atom. The first kappa shape index (κ1) is 15.0. The summed E-state index contributed by atoms with van der Waals surface area (Å²) < 4.78 is 5.20. The Morgan fingerprint density at radius 3 is 2.26 bits per heavy atom. The number of guanidine groups is 1. The van der Waals surface area contributed by atoms with Crippen molar-refractivity contribution in [1.82, 2.24) is 0 Å². The molecule has 1 rings (SSSR count). The van der Waals surface area contributed by atoms with Gasteiger partial charge in [-0.2, -0.15) is 0 Å². The number of anilines is 1. The number of rotatable bonds is 2. The summed E-state index contributed by atoms with van der Waals surface area (Å²) in [4.78, 5) is 13.0. The lowest BCUT2D eigenvalue weighted by atomic mass is 10.2. The molecule has 1 aromatic carbocycles. The maximum absolute atomic E-state index is 12.0. The van der Waals surface area contributed by atoms with E-state index in [4.69, 9.17) is 21.6 Å². The smallest absolute Gasteiger partial charge is 0.421 e. The molecule has 0 aliphatic heterocycles. The first-order valence-electron chi connectivity index (χ1n) is 5.85. The minimum Gasteiger partial charge on any atom is -0.674 e. The van der Waals surface area contributed by atoms with Crippen molar-refractivity contribution in [3.8, 4) is 0 Å². The molecule has 6 nitrogen and oxygen atoms in total. The van der Waals surface area contributed by atoms with E-state index in [9.17, 15) is 4.79 Å². The number of hydrogen-bond donors (Lipinski definition) is 2. The van der Waals surface area contributed by atoms with Crippen LogP contribution in [-0.4, -0.2) is 17.7 Å². The van der Waals surface area contributed by atoms with Crippen LogP contribution in [0.5, 0.6) is 0 Å². The van der Waals surface area contributed by atoms with Gasteiger partial charge in [-0.3, -0.25) is 5.41 Å². The average Bonchev–Trinajstić information content (AvgIpc) is 2.27. The molecule has 0 spiro atoms. The SMILES string of the molecule is CC(C)(C)OC(=O)N(C(=N)N)c1ccc(C[NH-])cc1. The number of benzene rings is 1. The molecule has 0 saturated heterocycles. The second-order valence-corrected chi connectivity index (χ2v) is 5.04. The van der Waals surface area contributed by atoms with E-state index in [1.165, 1.54) is 0 Å². The van der Waals surface area contributed by atoms with Gasteiger partial charge in [-0.25, -0.2) is 9.69 Å².